The fraction of sp³-hybridized carbons (Fsp3) is 0.117. The lowest BCUT2D eigenvalue weighted by Gasteiger charge is -2.31. The van der Waals surface area contributed by atoms with E-state index in [1.54, 1.807) is 0 Å². The number of fused-ring (bicyclic) bond motifs is 6. The van der Waals surface area contributed by atoms with E-state index in [0.29, 0.717) is 6.54 Å². The predicted octanol–water partition coefficient (Wildman–Crippen LogP) is 15.7. The van der Waals surface area contributed by atoms with Gasteiger partial charge in [0.1, 0.15) is 0 Å². The average molecular weight is 795 g/mol. The highest BCUT2D eigenvalue weighted by Crippen LogP contribution is 2.54. The van der Waals surface area contributed by atoms with Gasteiger partial charge in [-0.05, 0) is 107 Å². The zero-order valence-electron chi connectivity index (χ0n) is 35.6. The van der Waals surface area contributed by atoms with Crippen LogP contribution in [0.4, 0.5) is 17.1 Å². The van der Waals surface area contributed by atoms with E-state index in [9.17, 15) is 0 Å². The molecule has 0 spiro atoms. The minimum atomic E-state index is -0.127. The Morgan fingerprint density at radius 1 is 0.419 bits per heavy atom. The molecule has 0 atom stereocenters. The maximum atomic E-state index is 5.36. The van der Waals surface area contributed by atoms with Crippen molar-refractivity contribution in [2.45, 2.75) is 45.1 Å². The van der Waals surface area contributed by atoms with Crippen LogP contribution in [0.25, 0.3) is 54.6 Å². The molecule has 10 aromatic rings. The van der Waals surface area contributed by atoms with Gasteiger partial charge in [-0.25, -0.2) is 0 Å². The van der Waals surface area contributed by atoms with E-state index in [2.05, 4.69) is 227 Å². The largest absolute Gasteiger partial charge is 0.310 e. The van der Waals surface area contributed by atoms with Crippen molar-refractivity contribution in [3.8, 4) is 22.3 Å². The van der Waals surface area contributed by atoms with E-state index in [-0.39, 0.29) is 10.8 Å². The van der Waals surface area contributed by atoms with Gasteiger partial charge < -0.3 is 4.90 Å². The molecule has 0 heterocycles. The van der Waals surface area contributed by atoms with Crippen molar-refractivity contribution in [2.75, 3.05) is 4.90 Å². The van der Waals surface area contributed by atoms with Crippen molar-refractivity contribution in [3.63, 3.8) is 0 Å². The number of hydrogen-bond donors (Lipinski definition) is 0. The van der Waals surface area contributed by atoms with Crippen LogP contribution in [0.1, 0.15) is 66.6 Å². The van der Waals surface area contributed by atoms with Crippen LogP contribution >= 0.6 is 0 Å². The average Bonchev–Trinajstić information content (AvgIpc) is 3.68. The third-order valence-electron chi connectivity index (χ3n) is 14.1. The van der Waals surface area contributed by atoms with Crippen LogP contribution in [-0.4, -0.2) is 5.71 Å². The van der Waals surface area contributed by atoms with Crippen LogP contribution in [-0.2, 0) is 17.4 Å². The molecule has 296 valence electrons. The molecule has 2 aliphatic rings. The standard InChI is InChI=1S/C60H46N2/c1-59(2)51-21-13-11-19-46(51)48-32-28-43(35-53(48)59)62(44-29-33-49-47-20-12-14-22-52(47)60(3,4)54(49)36-44)55-34-27-39-25-30-45-42(24-23-38-26-31-50(55)57(39)56(38)45)37-61-58(40-15-7-5-8-16-40)41-17-9-6-10-18-41/h5-36H,37H2,1-4H3. The van der Waals surface area contributed by atoms with Crippen LogP contribution in [0.2, 0.25) is 0 Å². The normalized spacial score (nSPS) is 14.1. The summed E-state index contributed by atoms with van der Waals surface area (Å²) in [5.74, 6) is 0. The number of aliphatic imine (C=N–C) groups is 1. The lowest BCUT2D eigenvalue weighted by atomic mass is 9.82. The molecule has 2 aliphatic carbocycles. The summed E-state index contributed by atoms with van der Waals surface area (Å²) < 4.78 is 0. The quantitative estimate of drug-likeness (QED) is 0.116. The molecule has 10 aromatic carbocycles. The monoisotopic (exact) mass is 794 g/mol. The second kappa shape index (κ2) is 13.6. The van der Waals surface area contributed by atoms with Crippen LogP contribution in [0.15, 0.2) is 199 Å². The van der Waals surface area contributed by atoms with Crippen molar-refractivity contribution < 1.29 is 0 Å². The van der Waals surface area contributed by atoms with E-state index in [1.165, 1.54) is 88.1 Å². The number of hydrogen-bond acceptors (Lipinski definition) is 2. The number of nitrogens with zero attached hydrogens (tertiary/aromatic N) is 2. The molecule has 0 unspecified atom stereocenters. The molecule has 62 heavy (non-hydrogen) atoms. The summed E-state index contributed by atoms with van der Waals surface area (Å²) in [7, 11) is 0. The molecule has 0 amide bonds. The molecule has 2 heteroatoms. The smallest absolute Gasteiger partial charge is 0.0723 e. The van der Waals surface area contributed by atoms with Gasteiger partial charge in [0.15, 0.2) is 0 Å². The zero-order chi connectivity index (χ0) is 41.7. The SMILES string of the molecule is CC1(C)c2ccccc2-c2ccc(N(c3ccc4c(c3)C(C)(C)c3ccccc3-4)c3ccc4ccc5c(CN=C(c6ccccc6)c6ccccc6)ccc6ccc3c4c65)cc21. The minimum Gasteiger partial charge on any atom is -0.310 e. The van der Waals surface area contributed by atoms with E-state index in [4.69, 9.17) is 4.99 Å². The van der Waals surface area contributed by atoms with Crippen molar-refractivity contribution >= 4 is 55.1 Å². The number of anilines is 3. The van der Waals surface area contributed by atoms with Gasteiger partial charge in [-0.3, -0.25) is 4.99 Å². The molecule has 0 aliphatic heterocycles. The molecule has 0 saturated heterocycles. The molecular formula is C60H46N2. The van der Waals surface area contributed by atoms with Gasteiger partial charge in [0.2, 0.25) is 0 Å². The summed E-state index contributed by atoms with van der Waals surface area (Å²) in [5.41, 5.74) is 18.6. The third-order valence-corrected chi connectivity index (χ3v) is 14.1. The highest BCUT2D eigenvalue weighted by molar-refractivity contribution is 6.26. The lowest BCUT2D eigenvalue weighted by molar-refractivity contribution is 0.660. The van der Waals surface area contributed by atoms with E-state index < -0.39 is 0 Å². The van der Waals surface area contributed by atoms with Gasteiger partial charge in [0, 0.05) is 38.7 Å². The van der Waals surface area contributed by atoms with E-state index in [0.717, 1.165) is 28.2 Å². The summed E-state index contributed by atoms with van der Waals surface area (Å²) in [6.07, 6.45) is 0. The van der Waals surface area contributed by atoms with Crippen LogP contribution in [0, 0.1) is 0 Å². The first-order valence-corrected chi connectivity index (χ1v) is 21.9. The first-order valence-electron chi connectivity index (χ1n) is 21.9. The summed E-state index contributed by atoms with van der Waals surface area (Å²) in [6, 6.07) is 71.9. The highest BCUT2D eigenvalue weighted by Gasteiger charge is 2.38. The topological polar surface area (TPSA) is 15.6 Å². The van der Waals surface area contributed by atoms with Gasteiger partial charge in [-0.2, -0.15) is 0 Å². The predicted molar refractivity (Wildman–Crippen MR) is 262 cm³/mol. The van der Waals surface area contributed by atoms with Crippen LogP contribution in [0.5, 0.6) is 0 Å². The summed E-state index contributed by atoms with van der Waals surface area (Å²) >= 11 is 0. The van der Waals surface area contributed by atoms with E-state index >= 15 is 0 Å². The molecular weight excluding hydrogens is 749 g/mol. The van der Waals surface area contributed by atoms with Crippen molar-refractivity contribution in [1.82, 2.24) is 0 Å². The molecule has 0 radical (unpaired) electrons. The first kappa shape index (κ1) is 36.6. The van der Waals surface area contributed by atoms with Crippen molar-refractivity contribution in [1.29, 1.82) is 0 Å². The molecule has 12 rings (SSSR count). The lowest BCUT2D eigenvalue weighted by Crippen LogP contribution is -2.18. The second-order valence-electron chi connectivity index (χ2n) is 18.3. The minimum absolute atomic E-state index is 0.127. The Kier molecular flexibility index (Phi) is 8.02. The Bertz CT molecular complexity index is 3280. The van der Waals surface area contributed by atoms with Crippen LogP contribution < -0.4 is 4.90 Å². The first-order chi connectivity index (χ1) is 30.3. The fourth-order valence-electron chi connectivity index (χ4n) is 11.0. The zero-order valence-corrected chi connectivity index (χ0v) is 35.6. The Morgan fingerprint density at radius 2 is 0.871 bits per heavy atom. The maximum Gasteiger partial charge on any atom is 0.0723 e. The Balaban J connectivity index is 1.06. The third kappa shape index (κ3) is 5.39. The molecule has 0 aromatic heterocycles. The molecule has 0 N–H and O–H groups in total. The molecule has 2 nitrogen and oxygen atoms in total. The van der Waals surface area contributed by atoms with Gasteiger partial charge in [0.25, 0.3) is 0 Å². The van der Waals surface area contributed by atoms with Gasteiger partial charge in [0.05, 0.1) is 17.9 Å². The second-order valence-corrected chi connectivity index (χ2v) is 18.3. The van der Waals surface area contributed by atoms with Gasteiger partial charge in [-0.1, -0.05) is 191 Å². The molecule has 0 fully saturated rings. The Morgan fingerprint density at radius 3 is 1.44 bits per heavy atom. The maximum absolute atomic E-state index is 5.36. The molecule has 0 saturated carbocycles. The Hall–Kier alpha value is -7.29. The van der Waals surface area contributed by atoms with Crippen molar-refractivity contribution in [2.24, 2.45) is 4.99 Å². The molecule has 0 bridgehead atoms. The summed E-state index contributed by atoms with van der Waals surface area (Å²) in [5, 5.41) is 7.57. The number of benzene rings is 10. The van der Waals surface area contributed by atoms with Gasteiger partial charge >= 0.3 is 0 Å². The summed E-state index contributed by atoms with van der Waals surface area (Å²) in [4.78, 5) is 7.89. The van der Waals surface area contributed by atoms with E-state index in [1.807, 2.05) is 0 Å². The summed E-state index contributed by atoms with van der Waals surface area (Å²) in [6.45, 7) is 10.1. The Labute approximate surface area is 363 Å². The number of rotatable bonds is 7. The van der Waals surface area contributed by atoms with Gasteiger partial charge in [-0.15, -0.1) is 0 Å². The fourth-order valence-corrected chi connectivity index (χ4v) is 11.0. The van der Waals surface area contributed by atoms with Crippen LogP contribution in [0.3, 0.4) is 0 Å². The van der Waals surface area contributed by atoms with Crippen molar-refractivity contribution in [3.05, 3.63) is 233 Å². The highest BCUT2D eigenvalue weighted by atomic mass is 15.1.